The molecule has 0 aliphatic rings. The van der Waals surface area contributed by atoms with Crippen molar-refractivity contribution in [1.82, 2.24) is 0 Å². The number of carbonyl (C=O) groups excluding carboxylic acids is 2. The molecule has 1 amide bonds. The molecule has 110 valence electrons. The van der Waals surface area contributed by atoms with Crippen molar-refractivity contribution >= 4 is 17.6 Å². The first-order valence-corrected chi connectivity index (χ1v) is 7.18. The zero-order valence-corrected chi connectivity index (χ0v) is 12.3. The van der Waals surface area contributed by atoms with E-state index in [2.05, 4.69) is 12.2 Å². The van der Waals surface area contributed by atoms with Gasteiger partial charge in [-0.2, -0.15) is 0 Å². The summed E-state index contributed by atoms with van der Waals surface area (Å²) >= 11 is 0. The number of amides is 1. The average molecular weight is 277 g/mol. The minimum atomic E-state index is -0.310. The van der Waals surface area contributed by atoms with Crippen LogP contribution in [0.5, 0.6) is 0 Å². The fraction of sp³-hybridized carbons (Fsp3) is 0.500. The SMILES string of the molecule is CCCCCCCOC(=O)c1ccc(NC(C)=O)cc1. The highest BCUT2D eigenvalue weighted by molar-refractivity contribution is 5.92. The van der Waals surface area contributed by atoms with Gasteiger partial charge in [0.1, 0.15) is 0 Å². The zero-order valence-electron chi connectivity index (χ0n) is 12.3. The second-order valence-corrected chi connectivity index (χ2v) is 4.81. The van der Waals surface area contributed by atoms with Gasteiger partial charge in [-0.3, -0.25) is 4.79 Å². The number of anilines is 1. The van der Waals surface area contributed by atoms with E-state index in [9.17, 15) is 9.59 Å². The van der Waals surface area contributed by atoms with E-state index in [1.807, 2.05) is 0 Å². The molecule has 0 aliphatic carbocycles. The molecule has 0 radical (unpaired) electrons. The highest BCUT2D eigenvalue weighted by Crippen LogP contribution is 2.11. The predicted octanol–water partition coefficient (Wildman–Crippen LogP) is 3.77. The molecule has 0 atom stereocenters. The van der Waals surface area contributed by atoms with Gasteiger partial charge in [0.25, 0.3) is 0 Å². The molecule has 1 N–H and O–H groups in total. The Morgan fingerprint density at radius 2 is 1.70 bits per heavy atom. The van der Waals surface area contributed by atoms with E-state index >= 15 is 0 Å². The molecule has 0 saturated heterocycles. The molecule has 1 rings (SSSR count). The van der Waals surface area contributed by atoms with Crippen molar-refractivity contribution in [3.05, 3.63) is 29.8 Å². The molecule has 4 nitrogen and oxygen atoms in total. The summed E-state index contributed by atoms with van der Waals surface area (Å²) in [5, 5.41) is 2.65. The van der Waals surface area contributed by atoms with Gasteiger partial charge in [0.05, 0.1) is 12.2 Å². The second kappa shape index (κ2) is 9.13. The van der Waals surface area contributed by atoms with Crippen molar-refractivity contribution in [2.75, 3.05) is 11.9 Å². The number of unbranched alkanes of at least 4 members (excludes halogenated alkanes) is 4. The summed E-state index contributed by atoms with van der Waals surface area (Å²) in [5.74, 6) is -0.442. The molecule has 0 fully saturated rings. The van der Waals surface area contributed by atoms with Crippen LogP contribution in [0, 0.1) is 0 Å². The Balaban J connectivity index is 2.30. The minimum absolute atomic E-state index is 0.132. The fourth-order valence-corrected chi connectivity index (χ4v) is 1.85. The van der Waals surface area contributed by atoms with Crippen molar-refractivity contribution in [1.29, 1.82) is 0 Å². The Hall–Kier alpha value is -1.84. The quantitative estimate of drug-likeness (QED) is 0.581. The van der Waals surface area contributed by atoms with Gasteiger partial charge >= 0.3 is 5.97 Å². The fourth-order valence-electron chi connectivity index (χ4n) is 1.85. The van der Waals surface area contributed by atoms with Crippen molar-refractivity contribution in [2.45, 2.75) is 46.0 Å². The van der Waals surface area contributed by atoms with Gasteiger partial charge in [-0.1, -0.05) is 32.6 Å². The van der Waals surface area contributed by atoms with E-state index in [0.717, 1.165) is 12.8 Å². The van der Waals surface area contributed by atoms with E-state index in [1.54, 1.807) is 24.3 Å². The molecule has 0 bridgehead atoms. The number of nitrogens with one attached hydrogen (secondary N) is 1. The largest absolute Gasteiger partial charge is 0.462 e. The normalized spacial score (nSPS) is 10.1. The van der Waals surface area contributed by atoms with Crippen LogP contribution >= 0.6 is 0 Å². The number of ether oxygens (including phenoxy) is 1. The number of carbonyl (C=O) groups is 2. The van der Waals surface area contributed by atoms with Crippen LogP contribution in [0.3, 0.4) is 0 Å². The summed E-state index contributed by atoms with van der Waals surface area (Å²) in [5.41, 5.74) is 1.18. The summed E-state index contributed by atoms with van der Waals surface area (Å²) in [6.07, 6.45) is 5.65. The summed E-state index contributed by atoms with van der Waals surface area (Å²) < 4.78 is 5.20. The Morgan fingerprint density at radius 3 is 2.30 bits per heavy atom. The van der Waals surface area contributed by atoms with Gasteiger partial charge in [-0.15, -0.1) is 0 Å². The lowest BCUT2D eigenvalue weighted by atomic mass is 10.2. The van der Waals surface area contributed by atoms with E-state index in [-0.39, 0.29) is 11.9 Å². The lowest BCUT2D eigenvalue weighted by molar-refractivity contribution is -0.114. The number of rotatable bonds is 8. The van der Waals surface area contributed by atoms with Crippen molar-refractivity contribution in [3.8, 4) is 0 Å². The smallest absolute Gasteiger partial charge is 0.338 e. The standard InChI is InChI=1S/C16H23NO3/c1-3-4-5-6-7-12-20-16(19)14-8-10-15(11-9-14)17-13(2)18/h8-11H,3-7,12H2,1-2H3,(H,17,18). The lowest BCUT2D eigenvalue weighted by Gasteiger charge is -2.06. The molecule has 1 aromatic rings. The Kier molecular flexibility index (Phi) is 7.40. The number of benzene rings is 1. The lowest BCUT2D eigenvalue weighted by Crippen LogP contribution is -2.08. The molecule has 0 spiro atoms. The maximum atomic E-state index is 11.8. The van der Waals surface area contributed by atoms with Gasteiger partial charge in [0, 0.05) is 12.6 Å². The molecule has 20 heavy (non-hydrogen) atoms. The molecule has 0 saturated carbocycles. The monoisotopic (exact) mass is 277 g/mol. The third kappa shape index (κ3) is 6.36. The average Bonchev–Trinajstić information content (AvgIpc) is 2.42. The number of hydrogen-bond donors (Lipinski definition) is 1. The molecule has 4 heteroatoms. The van der Waals surface area contributed by atoms with Crippen molar-refractivity contribution < 1.29 is 14.3 Å². The van der Waals surface area contributed by atoms with Gasteiger partial charge in [-0.25, -0.2) is 4.79 Å². The predicted molar refractivity (Wildman–Crippen MR) is 79.8 cm³/mol. The van der Waals surface area contributed by atoms with Crippen LogP contribution in [-0.2, 0) is 9.53 Å². The Labute approximate surface area is 120 Å². The van der Waals surface area contributed by atoms with Crippen LogP contribution < -0.4 is 5.32 Å². The first-order valence-electron chi connectivity index (χ1n) is 7.18. The van der Waals surface area contributed by atoms with Crippen LogP contribution in [-0.4, -0.2) is 18.5 Å². The molecular weight excluding hydrogens is 254 g/mol. The Morgan fingerprint density at radius 1 is 1.05 bits per heavy atom. The molecule has 0 aliphatic heterocycles. The number of esters is 1. The second-order valence-electron chi connectivity index (χ2n) is 4.81. The van der Waals surface area contributed by atoms with Crippen LogP contribution in [0.1, 0.15) is 56.3 Å². The van der Waals surface area contributed by atoms with Crippen molar-refractivity contribution in [2.24, 2.45) is 0 Å². The maximum absolute atomic E-state index is 11.8. The summed E-state index contributed by atoms with van der Waals surface area (Å²) in [7, 11) is 0. The molecule has 0 heterocycles. The first-order chi connectivity index (χ1) is 9.63. The summed E-state index contributed by atoms with van der Waals surface area (Å²) in [4.78, 5) is 22.6. The minimum Gasteiger partial charge on any atom is -0.462 e. The highest BCUT2D eigenvalue weighted by atomic mass is 16.5. The van der Waals surface area contributed by atoms with Crippen LogP contribution in [0.25, 0.3) is 0 Å². The molecule has 0 aromatic heterocycles. The van der Waals surface area contributed by atoms with E-state index in [4.69, 9.17) is 4.74 Å². The van der Waals surface area contributed by atoms with Gasteiger partial charge < -0.3 is 10.1 Å². The topological polar surface area (TPSA) is 55.4 Å². The van der Waals surface area contributed by atoms with Crippen molar-refractivity contribution in [3.63, 3.8) is 0 Å². The van der Waals surface area contributed by atoms with E-state index < -0.39 is 0 Å². The molecule has 0 unspecified atom stereocenters. The Bertz CT molecular complexity index is 426. The van der Waals surface area contributed by atoms with Gasteiger partial charge in [0.2, 0.25) is 5.91 Å². The van der Waals surface area contributed by atoms with E-state index in [1.165, 1.54) is 26.2 Å². The van der Waals surface area contributed by atoms with Crippen LogP contribution in [0.15, 0.2) is 24.3 Å². The number of hydrogen-bond acceptors (Lipinski definition) is 3. The molecular formula is C16H23NO3. The van der Waals surface area contributed by atoms with Gasteiger partial charge in [-0.05, 0) is 30.7 Å². The summed E-state index contributed by atoms with van der Waals surface area (Å²) in [6, 6.07) is 6.70. The van der Waals surface area contributed by atoms with Gasteiger partial charge in [0.15, 0.2) is 0 Å². The highest BCUT2D eigenvalue weighted by Gasteiger charge is 2.06. The third-order valence-electron chi connectivity index (χ3n) is 2.92. The third-order valence-corrected chi connectivity index (χ3v) is 2.92. The zero-order chi connectivity index (χ0) is 14.8. The van der Waals surface area contributed by atoms with Crippen LogP contribution in [0.2, 0.25) is 0 Å². The van der Waals surface area contributed by atoms with E-state index in [0.29, 0.717) is 17.9 Å². The molecule has 1 aromatic carbocycles. The first kappa shape index (κ1) is 16.2. The maximum Gasteiger partial charge on any atom is 0.338 e. The summed E-state index contributed by atoms with van der Waals surface area (Å²) in [6.45, 7) is 4.08. The van der Waals surface area contributed by atoms with Crippen LogP contribution in [0.4, 0.5) is 5.69 Å².